The molecule has 0 aliphatic carbocycles. The average Bonchev–Trinajstić information content (AvgIpc) is 2.47. The third-order valence-corrected chi connectivity index (χ3v) is 6.51. The van der Waals surface area contributed by atoms with Gasteiger partial charge in [0.05, 0.1) is 15.8 Å². The second-order valence-electron chi connectivity index (χ2n) is 5.62. The molecule has 0 spiro atoms. The van der Waals surface area contributed by atoms with E-state index in [-0.39, 0.29) is 5.69 Å². The molecule has 1 aromatic carbocycles. The number of sulfonamides is 2. The number of hydrogen-bond acceptors (Lipinski definition) is 5. The van der Waals surface area contributed by atoms with Crippen molar-refractivity contribution in [2.24, 2.45) is 5.92 Å². The zero-order valence-electron chi connectivity index (χ0n) is 13.8. The Bertz CT molecular complexity index is 820. The minimum absolute atomic E-state index is 0.365. The number of amides is 1. The van der Waals surface area contributed by atoms with Crippen molar-refractivity contribution in [3.8, 4) is 0 Å². The quantitative estimate of drug-likeness (QED) is 0.750. The number of anilines is 1. The van der Waals surface area contributed by atoms with Crippen LogP contribution >= 0.6 is 0 Å². The van der Waals surface area contributed by atoms with Gasteiger partial charge in [-0.3, -0.25) is 9.52 Å². The van der Waals surface area contributed by atoms with E-state index in [2.05, 4.69) is 0 Å². The molecule has 0 saturated heterocycles. The highest BCUT2D eigenvalue weighted by Crippen LogP contribution is 2.21. The van der Waals surface area contributed by atoms with Crippen molar-refractivity contribution < 1.29 is 26.0 Å². The highest BCUT2D eigenvalue weighted by atomic mass is 32.2. The SMILES string of the molecule is CCC(C)C(=O)NS(=O)(=O)c1ccc(NS(=O)(=O)C(C)C)c(F)c1. The summed E-state index contributed by atoms with van der Waals surface area (Å²) in [5, 5.41) is -0.782. The fourth-order valence-electron chi connectivity index (χ4n) is 1.49. The van der Waals surface area contributed by atoms with Gasteiger partial charge in [-0.05, 0) is 38.5 Å². The predicted octanol–water partition coefficient (Wildman–Crippen LogP) is 1.83. The van der Waals surface area contributed by atoms with Gasteiger partial charge in [-0.25, -0.2) is 25.9 Å². The molecule has 2 N–H and O–H groups in total. The maximum Gasteiger partial charge on any atom is 0.264 e. The van der Waals surface area contributed by atoms with Crippen LogP contribution in [-0.2, 0) is 24.8 Å². The van der Waals surface area contributed by atoms with Crippen LogP contribution in [0.15, 0.2) is 23.1 Å². The lowest BCUT2D eigenvalue weighted by Gasteiger charge is -2.13. The van der Waals surface area contributed by atoms with Crippen LogP contribution in [0.1, 0.15) is 34.1 Å². The van der Waals surface area contributed by atoms with Gasteiger partial charge in [0.2, 0.25) is 15.9 Å². The Morgan fingerprint density at radius 3 is 2.21 bits per heavy atom. The van der Waals surface area contributed by atoms with E-state index >= 15 is 0 Å². The molecule has 0 bridgehead atoms. The minimum atomic E-state index is -4.23. The third kappa shape index (κ3) is 4.91. The van der Waals surface area contributed by atoms with Crippen LogP contribution in [0.2, 0.25) is 0 Å². The van der Waals surface area contributed by atoms with Crippen molar-refractivity contribution in [1.29, 1.82) is 0 Å². The average molecular weight is 380 g/mol. The van der Waals surface area contributed by atoms with Crippen molar-refractivity contribution in [2.75, 3.05) is 4.72 Å². The summed E-state index contributed by atoms with van der Waals surface area (Å²) in [4.78, 5) is 11.2. The number of halogens is 1. The zero-order chi connectivity index (χ0) is 18.7. The van der Waals surface area contributed by atoms with E-state index in [1.165, 1.54) is 13.8 Å². The Labute approximate surface area is 141 Å². The van der Waals surface area contributed by atoms with E-state index in [1.807, 2.05) is 9.44 Å². The van der Waals surface area contributed by atoms with Gasteiger partial charge in [-0.2, -0.15) is 0 Å². The molecule has 136 valence electrons. The van der Waals surface area contributed by atoms with Gasteiger partial charge >= 0.3 is 0 Å². The zero-order valence-corrected chi connectivity index (χ0v) is 15.5. The van der Waals surface area contributed by atoms with E-state index in [1.54, 1.807) is 13.8 Å². The lowest BCUT2D eigenvalue weighted by Crippen LogP contribution is -2.34. The number of rotatable bonds is 7. The fraction of sp³-hybridized carbons (Fsp3) is 0.500. The first-order valence-corrected chi connectivity index (χ1v) is 10.3. The summed E-state index contributed by atoms with van der Waals surface area (Å²) >= 11 is 0. The molecule has 24 heavy (non-hydrogen) atoms. The van der Waals surface area contributed by atoms with Crippen molar-refractivity contribution in [3.05, 3.63) is 24.0 Å². The molecule has 1 atom stereocenters. The van der Waals surface area contributed by atoms with Crippen molar-refractivity contribution in [2.45, 2.75) is 44.3 Å². The standard InChI is InChI=1S/C14H21FN2O5S2/c1-5-10(4)14(18)17-24(21,22)11-6-7-13(12(15)8-11)16-23(19,20)9(2)3/h6-10,16H,5H2,1-4H3,(H,17,18). The predicted molar refractivity (Wildman–Crippen MR) is 88.9 cm³/mol. The summed E-state index contributed by atoms with van der Waals surface area (Å²) in [5.74, 6) is -2.26. The first-order chi connectivity index (χ1) is 10.9. The molecule has 0 aliphatic heterocycles. The highest BCUT2D eigenvalue weighted by molar-refractivity contribution is 7.93. The molecule has 1 aromatic rings. The molecule has 0 fully saturated rings. The van der Waals surface area contributed by atoms with E-state index in [4.69, 9.17) is 0 Å². The van der Waals surface area contributed by atoms with Crippen LogP contribution in [0.4, 0.5) is 10.1 Å². The summed E-state index contributed by atoms with van der Waals surface area (Å²) in [5.41, 5.74) is -0.365. The van der Waals surface area contributed by atoms with Gasteiger partial charge in [0.15, 0.2) is 0 Å². The topological polar surface area (TPSA) is 109 Å². The van der Waals surface area contributed by atoms with E-state index in [0.29, 0.717) is 12.5 Å². The fourth-order valence-corrected chi connectivity index (χ4v) is 3.29. The van der Waals surface area contributed by atoms with Crippen LogP contribution in [0.3, 0.4) is 0 Å². The smallest absolute Gasteiger partial charge is 0.264 e. The Balaban J connectivity index is 3.09. The number of benzene rings is 1. The highest BCUT2D eigenvalue weighted by Gasteiger charge is 2.23. The van der Waals surface area contributed by atoms with Crippen LogP contribution < -0.4 is 9.44 Å². The molecule has 10 heteroatoms. The Kier molecular flexibility index (Phi) is 6.34. The van der Waals surface area contributed by atoms with Gasteiger partial charge in [0.25, 0.3) is 10.0 Å². The molecule has 0 aliphatic rings. The van der Waals surface area contributed by atoms with Crippen LogP contribution in [0, 0.1) is 11.7 Å². The van der Waals surface area contributed by atoms with E-state index in [0.717, 1.165) is 12.1 Å². The molecule has 0 heterocycles. The molecule has 1 rings (SSSR count). The lowest BCUT2D eigenvalue weighted by molar-refractivity contribution is -0.122. The van der Waals surface area contributed by atoms with Crippen LogP contribution in [-0.4, -0.2) is 28.0 Å². The molecule has 0 aromatic heterocycles. The van der Waals surface area contributed by atoms with Gasteiger partial charge in [-0.15, -0.1) is 0 Å². The largest absolute Gasteiger partial charge is 0.280 e. The van der Waals surface area contributed by atoms with E-state index < -0.39 is 47.8 Å². The van der Waals surface area contributed by atoms with Crippen LogP contribution in [0.5, 0.6) is 0 Å². The van der Waals surface area contributed by atoms with Crippen LogP contribution in [0.25, 0.3) is 0 Å². The Hall–Kier alpha value is -1.68. The number of nitrogens with one attached hydrogen (secondary N) is 2. The first-order valence-electron chi connectivity index (χ1n) is 7.28. The van der Waals surface area contributed by atoms with Crippen molar-refractivity contribution >= 4 is 31.6 Å². The van der Waals surface area contributed by atoms with Gasteiger partial charge in [0.1, 0.15) is 5.82 Å². The van der Waals surface area contributed by atoms with Gasteiger partial charge in [-0.1, -0.05) is 13.8 Å². The van der Waals surface area contributed by atoms with Gasteiger partial charge < -0.3 is 0 Å². The van der Waals surface area contributed by atoms with Crippen molar-refractivity contribution in [1.82, 2.24) is 4.72 Å². The van der Waals surface area contributed by atoms with Gasteiger partial charge in [0, 0.05) is 5.92 Å². The second-order valence-corrected chi connectivity index (χ2v) is 9.54. The Morgan fingerprint density at radius 2 is 1.75 bits per heavy atom. The summed E-state index contributed by atoms with van der Waals surface area (Å²) in [7, 11) is -8.00. The lowest BCUT2D eigenvalue weighted by atomic mass is 10.1. The monoisotopic (exact) mass is 380 g/mol. The first kappa shape index (κ1) is 20.4. The number of hydrogen-bond donors (Lipinski definition) is 2. The summed E-state index contributed by atoms with van der Waals surface area (Å²) in [6.07, 6.45) is 0.450. The normalized spacial score (nSPS) is 13.6. The number of carbonyl (C=O) groups excluding carboxylic acids is 1. The summed E-state index contributed by atoms with van der Waals surface area (Å²) < 4.78 is 65.6. The molecular weight excluding hydrogens is 359 g/mol. The molecule has 1 unspecified atom stereocenters. The van der Waals surface area contributed by atoms with E-state index in [9.17, 15) is 26.0 Å². The number of carbonyl (C=O) groups is 1. The molecular formula is C14H21FN2O5S2. The van der Waals surface area contributed by atoms with Crippen molar-refractivity contribution in [3.63, 3.8) is 0 Å². The minimum Gasteiger partial charge on any atom is -0.280 e. The molecule has 0 radical (unpaired) electrons. The molecule has 7 nitrogen and oxygen atoms in total. The summed E-state index contributed by atoms with van der Waals surface area (Å²) in [6, 6.07) is 2.68. The third-order valence-electron chi connectivity index (χ3n) is 3.42. The molecule has 0 saturated carbocycles. The maximum absolute atomic E-state index is 14.0. The maximum atomic E-state index is 14.0. The second kappa shape index (κ2) is 7.47. The molecule has 1 amide bonds. The Morgan fingerprint density at radius 1 is 1.17 bits per heavy atom. The summed E-state index contributed by atoms with van der Waals surface area (Å²) in [6.45, 7) is 6.13.